The first kappa shape index (κ1) is 7.60. The molecule has 0 unspecified atom stereocenters. The maximum absolute atomic E-state index is 6.03. The van der Waals surface area contributed by atoms with Crippen LogP contribution in [0.2, 0.25) is 0 Å². The highest BCUT2D eigenvalue weighted by Crippen LogP contribution is 2.58. The summed E-state index contributed by atoms with van der Waals surface area (Å²) in [6, 6.07) is 0.517. The van der Waals surface area contributed by atoms with E-state index in [-0.39, 0.29) is 0 Å². The lowest BCUT2D eigenvalue weighted by atomic mass is 9.68. The Labute approximate surface area is 69.4 Å². The molecule has 0 aromatic heterocycles. The first-order valence-corrected chi connectivity index (χ1v) is 4.79. The van der Waals surface area contributed by atoms with Crippen molar-refractivity contribution in [2.45, 2.75) is 39.7 Å². The van der Waals surface area contributed by atoms with Gasteiger partial charge in [-0.2, -0.15) is 0 Å². The molecule has 2 N–H and O–H groups in total. The normalized spacial score (nSPS) is 53.5. The van der Waals surface area contributed by atoms with Gasteiger partial charge in [0.1, 0.15) is 0 Å². The van der Waals surface area contributed by atoms with E-state index in [0.717, 1.165) is 17.8 Å². The van der Waals surface area contributed by atoms with Crippen LogP contribution in [0.1, 0.15) is 33.6 Å². The minimum atomic E-state index is 0.517. The van der Waals surface area contributed by atoms with Crippen molar-refractivity contribution in [3.8, 4) is 0 Å². The number of nitrogens with two attached hydrogens (primary N) is 1. The van der Waals surface area contributed by atoms with E-state index in [0.29, 0.717) is 11.5 Å². The number of hydrogen-bond acceptors (Lipinski definition) is 1. The SMILES string of the molecule is C[C@@H]1[C@@H]2C[C@@H](C[C@H]2N)C1(C)C. The van der Waals surface area contributed by atoms with Crippen LogP contribution in [-0.4, -0.2) is 6.04 Å². The molecule has 0 radical (unpaired) electrons. The number of rotatable bonds is 0. The van der Waals surface area contributed by atoms with Crippen molar-refractivity contribution in [3.63, 3.8) is 0 Å². The Hall–Kier alpha value is -0.0400. The summed E-state index contributed by atoms with van der Waals surface area (Å²) in [5.74, 6) is 2.59. The lowest BCUT2D eigenvalue weighted by molar-refractivity contribution is 0.123. The predicted octanol–water partition coefficient (Wildman–Crippen LogP) is 2.02. The van der Waals surface area contributed by atoms with Crippen molar-refractivity contribution in [3.05, 3.63) is 0 Å². The predicted molar refractivity (Wildman–Crippen MR) is 47.1 cm³/mol. The van der Waals surface area contributed by atoms with Gasteiger partial charge in [0, 0.05) is 6.04 Å². The Bertz CT molecular complexity index is 170. The molecule has 1 heteroatoms. The van der Waals surface area contributed by atoms with Crippen LogP contribution in [0.3, 0.4) is 0 Å². The lowest BCUT2D eigenvalue weighted by Crippen LogP contribution is -2.39. The highest BCUT2D eigenvalue weighted by molar-refractivity contribution is 5.05. The molecule has 0 aromatic rings. The lowest BCUT2D eigenvalue weighted by Gasteiger charge is -2.38. The van der Waals surface area contributed by atoms with Gasteiger partial charge in [0.15, 0.2) is 0 Å². The van der Waals surface area contributed by atoms with Crippen molar-refractivity contribution < 1.29 is 0 Å². The molecule has 2 bridgehead atoms. The van der Waals surface area contributed by atoms with Gasteiger partial charge < -0.3 is 5.73 Å². The maximum atomic E-state index is 6.03. The van der Waals surface area contributed by atoms with E-state index >= 15 is 0 Å². The Morgan fingerprint density at radius 1 is 1.27 bits per heavy atom. The molecule has 2 fully saturated rings. The van der Waals surface area contributed by atoms with Crippen molar-refractivity contribution in [1.82, 2.24) is 0 Å². The molecule has 0 spiro atoms. The van der Waals surface area contributed by atoms with Crippen LogP contribution < -0.4 is 5.73 Å². The monoisotopic (exact) mass is 153 g/mol. The van der Waals surface area contributed by atoms with Crippen molar-refractivity contribution >= 4 is 0 Å². The Balaban J connectivity index is 2.25. The average Bonchev–Trinajstić information content (AvgIpc) is 2.36. The van der Waals surface area contributed by atoms with Gasteiger partial charge in [0.25, 0.3) is 0 Å². The van der Waals surface area contributed by atoms with E-state index in [9.17, 15) is 0 Å². The van der Waals surface area contributed by atoms with Crippen LogP contribution in [0.5, 0.6) is 0 Å². The Morgan fingerprint density at radius 3 is 2.27 bits per heavy atom. The van der Waals surface area contributed by atoms with Gasteiger partial charge in [-0.15, -0.1) is 0 Å². The molecule has 0 aliphatic heterocycles. The summed E-state index contributed by atoms with van der Waals surface area (Å²) in [6.45, 7) is 7.20. The summed E-state index contributed by atoms with van der Waals surface area (Å²) in [6.07, 6.45) is 2.68. The van der Waals surface area contributed by atoms with Crippen LogP contribution >= 0.6 is 0 Å². The Morgan fingerprint density at radius 2 is 1.91 bits per heavy atom. The first-order valence-electron chi connectivity index (χ1n) is 4.79. The molecule has 64 valence electrons. The summed E-state index contributed by atoms with van der Waals surface area (Å²) in [4.78, 5) is 0. The Kier molecular flexibility index (Phi) is 1.39. The van der Waals surface area contributed by atoms with Gasteiger partial charge >= 0.3 is 0 Å². The van der Waals surface area contributed by atoms with Gasteiger partial charge in [0.2, 0.25) is 0 Å². The van der Waals surface area contributed by atoms with Crippen LogP contribution in [0.25, 0.3) is 0 Å². The molecule has 2 saturated carbocycles. The van der Waals surface area contributed by atoms with E-state index in [1.165, 1.54) is 12.8 Å². The average molecular weight is 153 g/mol. The number of hydrogen-bond donors (Lipinski definition) is 1. The molecular weight excluding hydrogens is 134 g/mol. The third-order valence-corrected chi connectivity index (χ3v) is 4.53. The zero-order chi connectivity index (χ0) is 8.22. The zero-order valence-corrected chi connectivity index (χ0v) is 7.80. The minimum absolute atomic E-state index is 0.517. The summed E-state index contributed by atoms with van der Waals surface area (Å²) >= 11 is 0. The zero-order valence-electron chi connectivity index (χ0n) is 7.80. The summed E-state index contributed by atoms with van der Waals surface area (Å²) in [5, 5.41) is 0. The fraction of sp³-hybridized carbons (Fsp3) is 1.00. The topological polar surface area (TPSA) is 26.0 Å². The highest BCUT2D eigenvalue weighted by Gasteiger charge is 2.53. The molecule has 11 heavy (non-hydrogen) atoms. The van der Waals surface area contributed by atoms with Gasteiger partial charge in [0.05, 0.1) is 0 Å². The minimum Gasteiger partial charge on any atom is -0.327 e. The summed E-state index contributed by atoms with van der Waals surface area (Å²) in [5.41, 5.74) is 6.60. The van der Waals surface area contributed by atoms with Gasteiger partial charge in [-0.1, -0.05) is 20.8 Å². The molecule has 4 atom stereocenters. The molecule has 2 aliphatic carbocycles. The van der Waals surface area contributed by atoms with Crippen molar-refractivity contribution in [1.29, 1.82) is 0 Å². The summed E-state index contributed by atoms with van der Waals surface area (Å²) in [7, 11) is 0. The second-order valence-electron chi connectivity index (χ2n) is 5.11. The fourth-order valence-corrected chi connectivity index (χ4v) is 3.21. The molecule has 0 saturated heterocycles. The standard InChI is InChI=1S/C10H19N/c1-6-8-4-7(5-9(8)11)10(6,2)3/h6-9H,4-5,11H2,1-3H3/t6-,7+,8+,9-/m1/s1. The highest BCUT2D eigenvalue weighted by atomic mass is 14.7. The van der Waals surface area contributed by atoms with E-state index < -0.39 is 0 Å². The maximum Gasteiger partial charge on any atom is 0.00728 e. The quantitative estimate of drug-likeness (QED) is 0.566. The van der Waals surface area contributed by atoms with Gasteiger partial charge in [-0.3, -0.25) is 0 Å². The second-order valence-corrected chi connectivity index (χ2v) is 5.11. The van der Waals surface area contributed by atoms with E-state index in [2.05, 4.69) is 20.8 Å². The van der Waals surface area contributed by atoms with E-state index in [4.69, 9.17) is 5.73 Å². The third-order valence-electron chi connectivity index (χ3n) is 4.53. The van der Waals surface area contributed by atoms with Crippen LogP contribution in [0, 0.1) is 23.2 Å². The summed E-state index contributed by atoms with van der Waals surface area (Å²) < 4.78 is 0. The van der Waals surface area contributed by atoms with Crippen LogP contribution in [0.15, 0.2) is 0 Å². The molecular formula is C10H19N. The molecule has 0 aromatic carbocycles. The van der Waals surface area contributed by atoms with Crippen LogP contribution in [0.4, 0.5) is 0 Å². The van der Waals surface area contributed by atoms with Gasteiger partial charge in [-0.05, 0) is 36.0 Å². The first-order chi connectivity index (χ1) is 5.03. The molecule has 0 amide bonds. The van der Waals surface area contributed by atoms with Crippen molar-refractivity contribution in [2.75, 3.05) is 0 Å². The van der Waals surface area contributed by atoms with E-state index in [1.807, 2.05) is 0 Å². The van der Waals surface area contributed by atoms with Gasteiger partial charge in [-0.25, -0.2) is 0 Å². The van der Waals surface area contributed by atoms with Crippen LogP contribution in [-0.2, 0) is 0 Å². The third kappa shape index (κ3) is 0.807. The molecule has 0 heterocycles. The largest absolute Gasteiger partial charge is 0.327 e. The fourth-order valence-electron chi connectivity index (χ4n) is 3.21. The smallest absolute Gasteiger partial charge is 0.00728 e. The molecule has 1 nitrogen and oxygen atoms in total. The van der Waals surface area contributed by atoms with E-state index in [1.54, 1.807) is 0 Å². The number of fused-ring (bicyclic) bond motifs is 2. The van der Waals surface area contributed by atoms with Crippen molar-refractivity contribution in [2.24, 2.45) is 28.9 Å². The molecule has 2 rings (SSSR count). The second kappa shape index (κ2) is 2.01. The molecule has 2 aliphatic rings.